The van der Waals surface area contributed by atoms with Crippen LogP contribution in [0.15, 0.2) is 30.3 Å². The van der Waals surface area contributed by atoms with Gasteiger partial charge in [0.15, 0.2) is 18.0 Å². The molecule has 0 aliphatic carbocycles. The van der Waals surface area contributed by atoms with Gasteiger partial charge in [0.25, 0.3) is 0 Å². The van der Waals surface area contributed by atoms with Gasteiger partial charge < -0.3 is 0 Å². The molecule has 1 rings (SSSR count). The van der Waals surface area contributed by atoms with Gasteiger partial charge in [-0.3, -0.25) is 4.79 Å². The largest absolute Gasteiger partial charge is 0.293 e. The minimum atomic E-state index is 0.147. The monoisotopic (exact) mass is 149 g/mol. The number of Topliss-reactive ketones (excluding diaryl/α,β-unsaturated/α-hetero) is 1. The molecule has 0 aromatic heterocycles. The maximum Gasteiger partial charge on any atom is 0.189 e. The Labute approximate surface area is 66.2 Å². The molecule has 1 N–H and O–H groups in total. The molecule has 0 spiro atoms. The first-order valence-corrected chi connectivity index (χ1v) is 3.57. The molecule has 0 fully saturated rings. The van der Waals surface area contributed by atoms with E-state index in [9.17, 15) is 4.79 Å². The smallest absolute Gasteiger partial charge is 0.189 e. The molecule has 11 heavy (non-hydrogen) atoms. The summed E-state index contributed by atoms with van der Waals surface area (Å²) < 4.78 is 0. The summed E-state index contributed by atoms with van der Waals surface area (Å²) in [6, 6.07) is 9.68. The third-order valence-corrected chi connectivity index (χ3v) is 1.32. The average molecular weight is 149 g/mol. The molecule has 1 aromatic carbocycles. The van der Waals surface area contributed by atoms with Crippen LogP contribution in [0.2, 0.25) is 0 Å². The van der Waals surface area contributed by atoms with Gasteiger partial charge in [-0.25, -0.2) is 0 Å². The van der Waals surface area contributed by atoms with Crippen LogP contribution in [0.4, 0.5) is 5.69 Å². The van der Waals surface area contributed by atoms with Crippen molar-refractivity contribution in [1.82, 2.24) is 0 Å². The lowest BCUT2D eigenvalue weighted by molar-refractivity contribution is -0.559. The molecule has 0 unspecified atom stereocenters. The summed E-state index contributed by atoms with van der Waals surface area (Å²) in [6.45, 7) is 1.97. The van der Waals surface area contributed by atoms with Gasteiger partial charge in [-0.2, -0.15) is 0 Å². The quantitative estimate of drug-likeness (QED) is 0.656. The molecule has 1 aromatic rings. The molecular weight excluding hydrogens is 138 g/mol. The van der Waals surface area contributed by atoms with Crippen molar-refractivity contribution in [2.75, 3.05) is 6.54 Å². The minimum absolute atomic E-state index is 0.147. The molecule has 57 valence electrons. The van der Waals surface area contributed by atoms with Crippen LogP contribution in [0.3, 0.4) is 0 Å². The molecule has 0 saturated carbocycles. The Bertz CT molecular complexity index is 231. The second-order valence-electron chi connectivity index (χ2n) is 2.42. The average Bonchev–Trinajstić information content (AvgIpc) is 2.03. The van der Waals surface area contributed by atoms with Crippen LogP contribution in [0.5, 0.6) is 0 Å². The Morgan fingerprint density at radius 2 is 2.00 bits per heavy atom. The number of rotatable bonds is 3. The van der Waals surface area contributed by atoms with Crippen molar-refractivity contribution in [2.24, 2.45) is 0 Å². The summed E-state index contributed by atoms with van der Waals surface area (Å²) in [5.74, 6) is 0.147. The number of hydrogen-bond acceptors (Lipinski definition) is 2. The van der Waals surface area contributed by atoms with E-state index >= 15 is 0 Å². The predicted molar refractivity (Wildman–Crippen MR) is 42.6 cm³/mol. The highest BCUT2D eigenvalue weighted by Crippen LogP contribution is 1.95. The molecule has 0 amide bonds. The highest BCUT2D eigenvalue weighted by atomic mass is 16.1. The highest BCUT2D eigenvalue weighted by molar-refractivity contribution is 5.76. The summed E-state index contributed by atoms with van der Waals surface area (Å²) in [7, 11) is 0. The number of nitrogens with one attached hydrogen (secondary N) is 1. The Balaban J connectivity index is 2.45. The Hall–Kier alpha value is -1.15. The lowest BCUT2D eigenvalue weighted by Crippen LogP contribution is -2.79. The Kier molecular flexibility index (Phi) is 2.81. The molecule has 0 aliphatic rings. The molecule has 0 heterocycles. The number of anilines is 1. The second kappa shape index (κ2) is 3.88. The van der Waals surface area contributed by atoms with Gasteiger partial charge in [0, 0.05) is 19.1 Å². The van der Waals surface area contributed by atoms with Crippen molar-refractivity contribution in [1.29, 1.82) is 0 Å². The zero-order valence-electron chi connectivity index (χ0n) is 6.50. The van der Waals surface area contributed by atoms with Crippen molar-refractivity contribution in [3.8, 4) is 0 Å². The van der Waals surface area contributed by atoms with E-state index in [4.69, 9.17) is 0 Å². The second-order valence-corrected chi connectivity index (χ2v) is 2.42. The van der Waals surface area contributed by atoms with Gasteiger partial charge in [0.2, 0.25) is 0 Å². The first kappa shape index (κ1) is 7.95. The third kappa shape index (κ3) is 2.96. The van der Waals surface area contributed by atoms with Crippen molar-refractivity contribution in [3.63, 3.8) is 0 Å². The normalized spacial score (nSPS) is 9.55. The molecule has 0 atom stereocenters. The van der Waals surface area contributed by atoms with E-state index in [-0.39, 0.29) is 5.78 Å². The van der Waals surface area contributed by atoms with Gasteiger partial charge in [0.05, 0.1) is 0 Å². The fourth-order valence-corrected chi connectivity index (χ4v) is 0.783. The van der Waals surface area contributed by atoms with Gasteiger partial charge >= 0.3 is 0 Å². The zero-order valence-corrected chi connectivity index (χ0v) is 6.50. The van der Waals surface area contributed by atoms with Crippen LogP contribution in [0.1, 0.15) is 6.92 Å². The van der Waals surface area contributed by atoms with E-state index in [1.807, 2.05) is 30.3 Å². The van der Waals surface area contributed by atoms with Crippen molar-refractivity contribution >= 4 is 11.5 Å². The standard InChI is InChI=1S/C9H11NO/c1-8(11)7-10-9-5-3-2-4-6-9/h2-6,10H,7H2,1H3/q+1. The third-order valence-electron chi connectivity index (χ3n) is 1.32. The molecular formula is C9H11NO+. The predicted octanol–water partition coefficient (Wildman–Crippen LogP) is 0.256. The van der Waals surface area contributed by atoms with Crippen LogP contribution in [-0.4, -0.2) is 12.3 Å². The van der Waals surface area contributed by atoms with Crippen LogP contribution in [-0.2, 0) is 4.79 Å². The zero-order chi connectivity index (χ0) is 8.10. The van der Waals surface area contributed by atoms with E-state index < -0.39 is 0 Å². The van der Waals surface area contributed by atoms with Gasteiger partial charge in [-0.1, -0.05) is 18.2 Å². The van der Waals surface area contributed by atoms with Gasteiger partial charge in [-0.05, 0) is 0 Å². The SMILES string of the molecule is CC(=O)C[NH+]c1ccccc1. The van der Waals surface area contributed by atoms with Crippen molar-refractivity contribution in [3.05, 3.63) is 30.3 Å². The maximum absolute atomic E-state index is 10.6. The molecule has 0 saturated heterocycles. The van der Waals surface area contributed by atoms with Crippen LogP contribution in [0, 0.1) is 0 Å². The molecule has 2 nitrogen and oxygen atoms in total. The fourth-order valence-electron chi connectivity index (χ4n) is 0.783. The van der Waals surface area contributed by atoms with E-state index in [2.05, 4.69) is 5.32 Å². The number of hydrogen-bond donors (Lipinski definition) is 1. The molecule has 1 radical (unpaired) electrons. The number of carbonyl (C=O) groups excluding carboxylic acids is 1. The summed E-state index contributed by atoms with van der Waals surface area (Å²) in [5.41, 5.74) is 0.989. The maximum atomic E-state index is 10.6. The molecule has 0 bridgehead atoms. The van der Waals surface area contributed by atoms with Gasteiger partial charge in [0.1, 0.15) is 0 Å². The highest BCUT2D eigenvalue weighted by Gasteiger charge is 2.01. The summed E-state index contributed by atoms with van der Waals surface area (Å²) >= 11 is 0. The van der Waals surface area contributed by atoms with E-state index in [1.165, 1.54) is 0 Å². The molecule has 0 aliphatic heterocycles. The van der Waals surface area contributed by atoms with E-state index in [1.54, 1.807) is 6.92 Å². The first-order chi connectivity index (χ1) is 5.29. The number of benzene rings is 1. The topological polar surface area (TPSA) is 32.7 Å². The summed E-state index contributed by atoms with van der Waals surface area (Å²) in [4.78, 5) is 10.6. The van der Waals surface area contributed by atoms with Crippen LogP contribution >= 0.6 is 0 Å². The fraction of sp³-hybridized carbons (Fsp3) is 0.222. The number of para-hydroxylation sites is 1. The first-order valence-electron chi connectivity index (χ1n) is 3.57. The van der Waals surface area contributed by atoms with Gasteiger partial charge in [-0.15, -0.1) is 5.32 Å². The van der Waals surface area contributed by atoms with E-state index in [0.29, 0.717) is 6.54 Å². The minimum Gasteiger partial charge on any atom is -0.293 e. The summed E-state index contributed by atoms with van der Waals surface area (Å²) in [6.07, 6.45) is 0. The Morgan fingerprint density at radius 3 is 2.55 bits per heavy atom. The van der Waals surface area contributed by atoms with Crippen molar-refractivity contribution in [2.45, 2.75) is 6.92 Å². The number of carbonyl (C=O) groups is 1. The van der Waals surface area contributed by atoms with Crippen LogP contribution < -0.4 is 5.32 Å². The Morgan fingerprint density at radius 1 is 1.36 bits per heavy atom. The lowest BCUT2D eigenvalue weighted by atomic mass is 10.3. The molecule has 2 heteroatoms. The number of ketones is 1. The lowest BCUT2D eigenvalue weighted by Gasteiger charge is -1.89. The van der Waals surface area contributed by atoms with Crippen molar-refractivity contribution < 1.29 is 10.1 Å². The van der Waals surface area contributed by atoms with E-state index in [0.717, 1.165) is 5.69 Å². The van der Waals surface area contributed by atoms with Crippen LogP contribution in [0.25, 0.3) is 0 Å². The summed E-state index contributed by atoms with van der Waals surface area (Å²) in [5, 5.41) is 2.99.